The molecule has 1 saturated heterocycles. The van der Waals surface area contributed by atoms with Gasteiger partial charge in [-0.1, -0.05) is 42.5 Å². The van der Waals surface area contributed by atoms with Crippen molar-refractivity contribution >= 4 is 11.2 Å². The topological polar surface area (TPSA) is 81.9 Å². The summed E-state index contributed by atoms with van der Waals surface area (Å²) in [6, 6.07) is 15.5. The maximum absolute atomic E-state index is 14.0. The second-order valence-corrected chi connectivity index (χ2v) is 7.69. The zero-order valence-corrected chi connectivity index (χ0v) is 16.8. The van der Waals surface area contributed by atoms with E-state index in [1.165, 1.54) is 16.7 Å². The van der Waals surface area contributed by atoms with Gasteiger partial charge in [-0.25, -0.2) is 14.2 Å². The summed E-state index contributed by atoms with van der Waals surface area (Å²) in [4.78, 5) is 32.6. The molecule has 0 radical (unpaired) electrons. The number of benzene rings is 2. The minimum atomic E-state index is -0.533. The van der Waals surface area contributed by atoms with Crippen LogP contribution in [0, 0.1) is 5.82 Å². The monoisotopic (exact) mass is 420 g/mol. The van der Waals surface area contributed by atoms with E-state index in [2.05, 4.69) is 9.97 Å². The van der Waals surface area contributed by atoms with Crippen molar-refractivity contribution in [1.29, 1.82) is 0 Å². The summed E-state index contributed by atoms with van der Waals surface area (Å²) in [5, 5.41) is 0. The highest BCUT2D eigenvalue weighted by Gasteiger charge is 2.24. The van der Waals surface area contributed by atoms with Crippen LogP contribution in [-0.4, -0.2) is 31.8 Å². The second kappa shape index (κ2) is 7.96. The van der Waals surface area contributed by atoms with Gasteiger partial charge in [-0.05, 0) is 30.5 Å². The molecule has 0 bridgehead atoms. The van der Waals surface area contributed by atoms with E-state index in [0.717, 1.165) is 18.4 Å². The Morgan fingerprint density at radius 1 is 1.10 bits per heavy atom. The Labute approximate surface area is 176 Å². The first-order valence-corrected chi connectivity index (χ1v) is 10.2. The molecule has 3 heterocycles. The molecule has 0 saturated carbocycles. The van der Waals surface area contributed by atoms with Crippen LogP contribution in [-0.2, 0) is 17.8 Å². The van der Waals surface area contributed by atoms with Crippen LogP contribution in [0.2, 0.25) is 0 Å². The van der Waals surface area contributed by atoms with Gasteiger partial charge in [0, 0.05) is 12.2 Å². The van der Waals surface area contributed by atoms with Crippen LogP contribution in [0.4, 0.5) is 4.39 Å². The summed E-state index contributed by atoms with van der Waals surface area (Å²) >= 11 is 0. The lowest BCUT2D eigenvalue weighted by atomic mass is 10.2. The molecule has 1 fully saturated rings. The first kappa shape index (κ1) is 19.4. The maximum atomic E-state index is 14.0. The molecule has 158 valence electrons. The summed E-state index contributed by atoms with van der Waals surface area (Å²) in [6.07, 6.45) is 1.74. The largest absolute Gasteiger partial charge is 0.376 e. The van der Waals surface area contributed by atoms with Gasteiger partial charge in [-0.15, -0.1) is 0 Å². The fourth-order valence-electron chi connectivity index (χ4n) is 4.10. The number of H-pyrrole nitrogens is 1. The molecule has 0 aliphatic carbocycles. The summed E-state index contributed by atoms with van der Waals surface area (Å²) in [7, 11) is 0. The molecule has 2 aromatic heterocycles. The molecule has 1 aliphatic heterocycles. The summed E-state index contributed by atoms with van der Waals surface area (Å²) in [6.45, 7) is 1.32. The molecule has 1 unspecified atom stereocenters. The molecule has 1 aliphatic rings. The highest BCUT2D eigenvalue weighted by molar-refractivity contribution is 5.77. The number of rotatable bonds is 5. The number of aromatic amines is 1. The Kier molecular flexibility index (Phi) is 4.99. The van der Waals surface area contributed by atoms with Gasteiger partial charge in [-0.2, -0.15) is 0 Å². The molecule has 8 heteroatoms. The average Bonchev–Trinajstić information content (AvgIpc) is 3.40. The van der Waals surface area contributed by atoms with Crippen LogP contribution in [0.25, 0.3) is 22.6 Å². The highest BCUT2D eigenvalue weighted by atomic mass is 19.1. The number of fused-ring (bicyclic) bond motifs is 1. The summed E-state index contributed by atoms with van der Waals surface area (Å²) in [5.74, 6) is 0.0340. The normalized spacial score (nSPS) is 16.2. The lowest BCUT2D eigenvalue weighted by Gasteiger charge is -2.14. The van der Waals surface area contributed by atoms with E-state index in [1.54, 1.807) is 16.7 Å². The number of hydrogen-bond acceptors (Lipinski definition) is 4. The molecule has 1 N–H and O–H groups in total. The third-order valence-electron chi connectivity index (χ3n) is 5.56. The minimum Gasteiger partial charge on any atom is -0.376 e. The predicted octanol–water partition coefficient (Wildman–Crippen LogP) is 2.92. The maximum Gasteiger partial charge on any atom is 0.330 e. The SMILES string of the molecule is O=c1[nH]c(=O)n(Cc2ccccc2)c2nc(-c3cccc(F)c3)n(CC3CCCO3)c12. The van der Waals surface area contributed by atoms with Gasteiger partial charge in [0.05, 0.1) is 19.2 Å². The van der Waals surface area contributed by atoms with Crippen LogP contribution < -0.4 is 11.2 Å². The zero-order chi connectivity index (χ0) is 21.4. The van der Waals surface area contributed by atoms with Crippen molar-refractivity contribution in [3.8, 4) is 11.4 Å². The quantitative estimate of drug-likeness (QED) is 0.538. The van der Waals surface area contributed by atoms with Crippen LogP contribution in [0.1, 0.15) is 18.4 Å². The van der Waals surface area contributed by atoms with Crippen LogP contribution in [0.5, 0.6) is 0 Å². The van der Waals surface area contributed by atoms with E-state index in [0.29, 0.717) is 24.5 Å². The van der Waals surface area contributed by atoms with Crippen LogP contribution in [0.3, 0.4) is 0 Å². The van der Waals surface area contributed by atoms with Crippen molar-refractivity contribution in [2.45, 2.75) is 32.0 Å². The number of imidazole rings is 1. The van der Waals surface area contributed by atoms with Crippen molar-refractivity contribution in [3.63, 3.8) is 0 Å². The molecule has 1 atom stereocenters. The Hall–Kier alpha value is -3.52. The van der Waals surface area contributed by atoms with Gasteiger partial charge in [0.2, 0.25) is 0 Å². The van der Waals surface area contributed by atoms with E-state index in [4.69, 9.17) is 4.74 Å². The molecule has 4 aromatic rings. The van der Waals surface area contributed by atoms with Gasteiger partial charge in [0.1, 0.15) is 11.6 Å². The standard InChI is InChI=1S/C23H21FN4O3/c24-17-9-4-8-16(12-17)20-25-21-19(27(20)14-18-10-5-11-31-18)22(29)26-23(30)28(21)13-15-6-2-1-3-7-15/h1-4,6-9,12,18H,5,10-11,13-14H2,(H,26,29,30). The predicted molar refractivity (Wildman–Crippen MR) is 115 cm³/mol. The Morgan fingerprint density at radius 3 is 2.68 bits per heavy atom. The third kappa shape index (κ3) is 3.70. The van der Waals surface area contributed by atoms with E-state index in [-0.39, 0.29) is 23.8 Å². The summed E-state index contributed by atoms with van der Waals surface area (Å²) < 4.78 is 22.9. The first-order valence-electron chi connectivity index (χ1n) is 10.2. The Balaban J connectivity index is 1.74. The number of nitrogens with zero attached hydrogens (tertiary/aromatic N) is 3. The number of aromatic nitrogens is 4. The molecular weight excluding hydrogens is 399 g/mol. The van der Waals surface area contributed by atoms with Gasteiger partial charge < -0.3 is 9.30 Å². The number of halogens is 1. The second-order valence-electron chi connectivity index (χ2n) is 7.69. The lowest BCUT2D eigenvalue weighted by molar-refractivity contribution is 0.0982. The molecule has 7 nitrogen and oxygen atoms in total. The molecule has 5 rings (SSSR count). The van der Waals surface area contributed by atoms with E-state index >= 15 is 0 Å². The van der Waals surface area contributed by atoms with E-state index in [1.807, 2.05) is 30.3 Å². The fraction of sp³-hybridized carbons (Fsp3) is 0.261. The minimum absolute atomic E-state index is 0.0707. The summed E-state index contributed by atoms with van der Waals surface area (Å²) in [5.41, 5.74) is 0.942. The highest BCUT2D eigenvalue weighted by Crippen LogP contribution is 2.26. The smallest absolute Gasteiger partial charge is 0.330 e. The van der Waals surface area contributed by atoms with Crippen molar-refractivity contribution in [2.24, 2.45) is 0 Å². The van der Waals surface area contributed by atoms with Crippen LogP contribution in [0.15, 0.2) is 64.2 Å². The molecule has 0 amide bonds. The first-order chi connectivity index (χ1) is 15.1. The van der Waals surface area contributed by atoms with E-state index in [9.17, 15) is 14.0 Å². The van der Waals surface area contributed by atoms with Crippen molar-refractivity contribution in [2.75, 3.05) is 6.61 Å². The molecule has 2 aromatic carbocycles. The van der Waals surface area contributed by atoms with Crippen molar-refractivity contribution in [1.82, 2.24) is 19.1 Å². The van der Waals surface area contributed by atoms with Crippen molar-refractivity contribution < 1.29 is 9.13 Å². The molecular formula is C23H21FN4O3. The Morgan fingerprint density at radius 2 is 1.94 bits per heavy atom. The van der Waals surface area contributed by atoms with Gasteiger partial charge in [0.15, 0.2) is 11.2 Å². The zero-order valence-electron chi connectivity index (χ0n) is 16.8. The number of nitrogens with one attached hydrogen (secondary N) is 1. The van der Waals surface area contributed by atoms with Gasteiger partial charge in [-0.3, -0.25) is 14.3 Å². The lowest BCUT2D eigenvalue weighted by Crippen LogP contribution is -2.32. The average molecular weight is 420 g/mol. The Bertz CT molecular complexity index is 1350. The van der Waals surface area contributed by atoms with Gasteiger partial charge >= 0.3 is 5.69 Å². The molecule has 0 spiro atoms. The van der Waals surface area contributed by atoms with E-state index < -0.39 is 17.1 Å². The van der Waals surface area contributed by atoms with Crippen molar-refractivity contribution in [3.05, 3.63) is 86.8 Å². The molecule has 31 heavy (non-hydrogen) atoms. The van der Waals surface area contributed by atoms with Gasteiger partial charge in [0.25, 0.3) is 5.56 Å². The number of hydrogen-bond donors (Lipinski definition) is 1. The fourth-order valence-corrected chi connectivity index (χ4v) is 4.10. The third-order valence-corrected chi connectivity index (χ3v) is 5.56. The van der Waals surface area contributed by atoms with Crippen LogP contribution >= 0.6 is 0 Å². The number of ether oxygens (including phenoxy) is 1.